The van der Waals surface area contributed by atoms with Gasteiger partial charge in [0.25, 0.3) is 0 Å². The van der Waals surface area contributed by atoms with Crippen LogP contribution in [0.1, 0.15) is 31.2 Å². The van der Waals surface area contributed by atoms with Crippen molar-refractivity contribution in [2.45, 2.75) is 25.7 Å². The summed E-state index contributed by atoms with van der Waals surface area (Å²) in [5.41, 5.74) is 1.26. The smallest absolute Gasteiger partial charge is 0.234 e. The van der Waals surface area contributed by atoms with Gasteiger partial charge in [-0.1, -0.05) is 35.0 Å². The molecule has 1 heterocycles. The molecule has 1 aromatic rings. The second-order valence-electron chi connectivity index (χ2n) is 6.95. The Labute approximate surface area is 157 Å². The van der Waals surface area contributed by atoms with Crippen molar-refractivity contribution in [3.8, 4) is 0 Å². The fraction of sp³-hybridized carbons (Fsp3) is 0.579. The predicted octanol–water partition coefficient (Wildman–Crippen LogP) is 2.22. The normalized spacial score (nSPS) is 23.4. The molecule has 2 aliphatic rings. The van der Waals surface area contributed by atoms with E-state index >= 15 is 0 Å². The van der Waals surface area contributed by atoms with E-state index in [4.69, 9.17) is 0 Å². The zero-order valence-electron chi connectivity index (χ0n) is 14.7. The van der Waals surface area contributed by atoms with Crippen LogP contribution in [0.3, 0.4) is 0 Å². The lowest BCUT2D eigenvalue weighted by molar-refractivity contribution is -0.134. The summed E-state index contributed by atoms with van der Waals surface area (Å²) in [6.07, 6.45) is 1.91. The van der Waals surface area contributed by atoms with Crippen molar-refractivity contribution in [1.29, 1.82) is 0 Å². The minimum absolute atomic E-state index is 0.0825. The molecule has 2 atom stereocenters. The second kappa shape index (κ2) is 8.32. The zero-order chi connectivity index (χ0) is 17.8. The Morgan fingerprint density at radius 3 is 2.48 bits per heavy atom. The molecular weight excluding hydrogens is 382 g/mol. The summed E-state index contributed by atoms with van der Waals surface area (Å²) in [6.45, 7) is 6.22. The van der Waals surface area contributed by atoms with Crippen LogP contribution in [0.4, 0.5) is 0 Å². The van der Waals surface area contributed by atoms with E-state index in [1.165, 1.54) is 5.56 Å². The predicted molar refractivity (Wildman–Crippen MR) is 101 cm³/mol. The average molecular weight is 408 g/mol. The van der Waals surface area contributed by atoms with Crippen LogP contribution in [0, 0.1) is 5.92 Å². The number of hydrogen-bond donors (Lipinski definition) is 1. The van der Waals surface area contributed by atoms with Crippen LogP contribution in [0.5, 0.6) is 0 Å². The van der Waals surface area contributed by atoms with E-state index < -0.39 is 0 Å². The molecule has 0 bridgehead atoms. The molecule has 0 radical (unpaired) electrons. The number of piperazine rings is 1. The summed E-state index contributed by atoms with van der Waals surface area (Å²) >= 11 is 3.45. The van der Waals surface area contributed by atoms with Gasteiger partial charge in [0.1, 0.15) is 0 Å². The van der Waals surface area contributed by atoms with E-state index in [9.17, 15) is 9.59 Å². The maximum absolute atomic E-state index is 12.7. The standard InChI is InChI=1S/C19H26BrN3O2/c1-2-7-21-18(24)13-22-8-10-23(11-9-22)19(25)17-12-16(17)14-3-5-15(20)6-4-14/h3-6,16-17H,2,7-13H2,1H3,(H,21,24). The van der Waals surface area contributed by atoms with Gasteiger partial charge in [-0.25, -0.2) is 0 Å². The van der Waals surface area contributed by atoms with Gasteiger partial charge in [0.15, 0.2) is 0 Å². The van der Waals surface area contributed by atoms with Crippen molar-refractivity contribution in [3.05, 3.63) is 34.3 Å². The second-order valence-corrected chi connectivity index (χ2v) is 7.87. The highest BCUT2D eigenvalue weighted by atomic mass is 79.9. The van der Waals surface area contributed by atoms with Crippen molar-refractivity contribution in [1.82, 2.24) is 15.1 Å². The van der Waals surface area contributed by atoms with E-state index in [1.54, 1.807) is 0 Å². The Morgan fingerprint density at radius 1 is 1.16 bits per heavy atom. The van der Waals surface area contributed by atoms with Gasteiger partial charge >= 0.3 is 0 Å². The van der Waals surface area contributed by atoms with Crippen molar-refractivity contribution in [2.75, 3.05) is 39.3 Å². The highest BCUT2D eigenvalue weighted by molar-refractivity contribution is 9.10. The maximum Gasteiger partial charge on any atom is 0.234 e. The Bertz CT molecular complexity index is 612. The largest absolute Gasteiger partial charge is 0.355 e. The summed E-state index contributed by atoms with van der Waals surface area (Å²) in [6, 6.07) is 8.29. The number of amides is 2. The third-order valence-electron chi connectivity index (χ3n) is 5.03. The van der Waals surface area contributed by atoms with E-state index in [2.05, 4.69) is 38.3 Å². The Hall–Kier alpha value is -1.40. The van der Waals surface area contributed by atoms with Gasteiger partial charge in [0, 0.05) is 43.1 Å². The highest BCUT2D eigenvalue weighted by Crippen LogP contribution is 2.48. The van der Waals surface area contributed by atoms with Crippen LogP contribution in [0.15, 0.2) is 28.7 Å². The van der Waals surface area contributed by atoms with E-state index in [1.807, 2.05) is 24.0 Å². The number of benzene rings is 1. The van der Waals surface area contributed by atoms with Gasteiger partial charge in [-0.3, -0.25) is 14.5 Å². The molecule has 1 aliphatic carbocycles. The van der Waals surface area contributed by atoms with Gasteiger partial charge in [-0.05, 0) is 36.5 Å². The SMILES string of the molecule is CCCNC(=O)CN1CCN(C(=O)C2CC2c2ccc(Br)cc2)CC1. The number of nitrogens with zero attached hydrogens (tertiary/aromatic N) is 2. The zero-order valence-corrected chi connectivity index (χ0v) is 16.3. The van der Waals surface area contributed by atoms with Crippen LogP contribution in [-0.4, -0.2) is 60.9 Å². The number of carbonyl (C=O) groups is 2. The fourth-order valence-corrected chi connectivity index (χ4v) is 3.69. The van der Waals surface area contributed by atoms with Gasteiger partial charge in [-0.15, -0.1) is 0 Å². The molecule has 2 amide bonds. The maximum atomic E-state index is 12.7. The summed E-state index contributed by atoms with van der Waals surface area (Å²) in [7, 11) is 0. The van der Waals surface area contributed by atoms with E-state index in [-0.39, 0.29) is 17.7 Å². The molecule has 2 fully saturated rings. The molecule has 1 saturated carbocycles. The molecule has 0 spiro atoms. The molecule has 0 aromatic heterocycles. The van der Waals surface area contributed by atoms with Crippen molar-refractivity contribution < 1.29 is 9.59 Å². The van der Waals surface area contributed by atoms with Crippen LogP contribution in [-0.2, 0) is 9.59 Å². The minimum atomic E-state index is 0.0825. The lowest BCUT2D eigenvalue weighted by atomic mass is 10.1. The molecule has 2 unspecified atom stereocenters. The average Bonchev–Trinajstić information content (AvgIpc) is 3.41. The van der Waals surface area contributed by atoms with Crippen LogP contribution in [0.2, 0.25) is 0 Å². The third kappa shape index (κ3) is 4.82. The summed E-state index contributed by atoms with van der Waals surface area (Å²) in [4.78, 5) is 28.6. The van der Waals surface area contributed by atoms with Gasteiger partial charge in [0.05, 0.1) is 6.54 Å². The quantitative estimate of drug-likeness (QED) is 0.786. The first-order valence-corrected chi connectivity index (χ1v) is 9.91. The molecule has 1 aliphatic heterocycles. The van der Waals surface area contributed by atoms with Crippen molar-refractivity contribution >= 4 is 27.7 Å². The first-order chi connectivity index (χ1) is 12.1. The van der Waals surface area contributed by atoms with Crippen LogP contribution in [0.25, 0.3) is 0 Å². The highest BCUT2D eigenvalue weighted by Gasteiger charge is 2.46. The lowest BCUT2D eigenvalue weighted by Crippen LogP contribution is -2.51. The van der Waals surface area contributed by atoms with Crippen LogP contribution < -0.4 is 5.32 Å². The Balaban J connectivity index is 1.43. The van der Waals surface area contributed by atoms with E-state index in [0.29, 0.717) is 12.5 Å². The number of carbonyl (C=O) groups excluding carboxylic acids is 2. The Kier molecular flexibility index (Phi) is 6.12. The molecule has 3 rings (SSSR count). The summed E-state index contributed by atoms with van der Waals surface area (Å²) < 4.78 is 1.07. The van der Waals surface area contributed by atoms with Gasteiger partial charge in [0.2, 0.25) is 11.8 Å². The number of nitrogens with one attached hydrogen (secondary N) is 1. The molecular formula is C19H26BrN3O2. The minimum Gasteiger partial charge on any atom is -0.355 e. The monoisotopic (exact) mass is 407 g/mol. The topological polar surface area (TPSA) is 52.7 Å². The molecule has 1 saturated heterocycles. The van der Waals surface area contributed by atoms with E-state index in [0.717, 1.165) is 50.0 Å². The number of hydrogen-bond acceptors (Lipinski definition) is 3. The molecule has 136 valence electrons. The lowest BCUT2D eigenvalue weighted by Gasteiger charge is -2.34. The summed E-state index contributed by atoms with van der Waals surface area (Å²) in [5.74, 6) is 0.876. The van der Waals surface area contributed by atoms with Crippen LogP contribution >= 0.6 is 15.9 Å². The molecule has 5 nitrogen and oxygen atoms in total. The van der Waals surface area contributed by atoms with Crippen molar-refractivity contribution in [2.24, 2.45) is 5.92 Å². The van der Waals surface area contributed by atoms with Gasteiger partial charge in [-0.2, -0.15) is 0 Å². The first kappa shape index (κ1) is 18.4. The first-order valence-electron chi connectivity index (χ1n) is 9.11. The third-order valence-corrected chi connectivity index (χ3v) is 5.56. The molecule has 1 aromatic carbocycles. The Morgan fingerprint density at radius 2 is 1.84 bits per heavy atom. The van der Waals surface area contributed by atoms with Gasteiger partial charge < -0.3 is 10.2 Å². The summed E-state index contributed by atoms with van der Waals surface area (Å²) in [5, 5.41) is 2.91. The molecule has 25 heavy (non-hydrogen) atoms. The van der Waals surface area contributed by atoms with Crippen molar-refractivity contribution in [3.63, 3.8) is 0 Å². The molecule has 6 heteroatoms. The number of halogens is 1. The number of rotatable bonds is 6. The molecule has 1 N–H and O–H groups in total. The fourth-order valence-electron chi connectivity index (χ4n) is 3.43.